The summed E-state index contributed by atoms with van der Waals surface area (Å²) < 4.78 is 22.2. The lowest BCUT2D eigenvalue weighted by atomic mass is 10.2. The van der Waals surface area contributed by atoms with E-state index in [1.54, 1.807) is 13.0 Å². The van der Waals surface area contributed by atoms with Crippen LogP contribution < -0.4 is 16.2 Å². The predicted octanol–water partition coefficient (Wildman–Crippen LogP) is -0.291. The Morgan fingerprint density at radius 2 is 2.06 bits per heavy atom. The van der Waals surface area contributed by atoms with Crippen molar-refractivity contribution >= 4 is 21.4 Å². The Morgan fingerprint density at radius 3 is 2.56 bits per heavy atom. The molecule has 0 amide bonds. The summed E-state index contributed by atoms with van der Waals surface area (Å²) in [5.41, 5.74) is 6.34. The van der Waals surface area contributed by atoms with Crippen molar-refractivity contribution in [1.82, 2.24) is 0 Å². The minimum Gasteiger partial charge on any atom is -0.399 e. The summed E-state index contributed by atoms with van der Waals surface area (Å²) in [6, 6.07) is 4.22. The molecular weight excluding hydrogens is 230 g/mol. The number of sulfonamides is 1. The first-order valence-corrected chi connectivity index (χ1v) is 6.19. The molecule has 1 aromatic rings. The lowest BCUT2D eigenvalue weighted by molar-refractivity contribution is 0.208. The minimum absolute atomic E-state index is 0.0550. The number of nitrogens with two attached hydrogens (primary N) is 2. The number of nitrogen functional groups attached to an aromatic ring is 1. The van der Waals surface area contributed by atoms with Crippen LogP contribution in [0.25, 0.3) is 0 Å². The first kappa shape index (κ1) is 12.8. The molecule has 0 radical (unpaired) electrons. The number of hydrogen-bond acceptors (Lipinski definition) is 5. The largest absolute Gasteiger partial charge is 0.399 e. The fourth-order valence-corrected chi connectivity index (χ4v) is 1.75. The number of hydrogen-bond donors (Lipinski definition) is 4. The molecule has 1 rings (SSSR count). The van der Waals surface area contributed by atoms with E-state index in [1.165, 1.54) is 12.1 Å². The van der Waals surface area contributed by atoms with Gasteiger partial charge in [-0.3, -0.25) is 0 Å². The second-order valence-electron chi connectivity index (χ2n) is 3.57. The zero-order valence-electron chi connectivity index (χ0n) is 8.84. The summed E-state index contributed by atoms with van der Waals surface area (Å²) >= 11 is 0. The molecule has 1 aromatic carbocycles. The van der Waals surface area contributed by atoms with Crippen molar-refractivity contribution < 1.29 is 13.5 Å². The van der Waals surface area contributed by atoms with E-state index >= 15 is 0 Å². The molecule has 0 fully saturated rings. The molecule has 7 heteroatoms. The monoisotopic (exact) mass is 245 g/mol. The van der Waals surface area contributed by atoms with E-state index < -0.39 is 16.1 Å². The third-order valence-corrected chi connectivity index (χ3v) is 2.75. The number of aliphatic hydroxyl groups is 1. The van der Waals surface area contributed by atoms with Gasteiger partial charge in [0.2, 0.25) is 10.0 Å². The summed E-state index contributed by atoms with van der Waals surface area (Å²) in [6.45, 7) is 1.91. The number of anilines is 2. The highest BCUT2D eigenvalue weighted by atomic mass is 32.2. The van der Waals surface area contributed by atoms with E-state index in [0.29, 0.717) is 17.9 Å². The van der Waals surface area contributed by atoms with Crippen molar-refractivity contribution in [3.63, 3.8) is 0 Å². The third kappa shape index (κ3) is 3.69. The summed E-state index contributed by atoms with van der Waals surface area (Å²) in [4.78, 5) is -0.0550. The highest BCUT2D eigenvalue weighted by molar-refractivity contribution is 7.89. The van der Waals surface area contributed by atoms with Crippen LogP contribution in [-0.2, 0) is 10.0 Å². The molecule has 16 heavy (non-hydrogen) atoms. The highest BCUT2D eigenvalue weighted by Gasteiger charge is 2.10. The fourth-order valence-electron chi connectivity index (χ4n) is 1.15. The highest BCUT2D eigenvalue weighted by Crippen LogP contribution is 2.19. The lowest BCUT2D eigenvalue weighted by Crippen LogP contribution is -2.17. The summed E-state index contributed by atoms with van der Waals surface area (Å²) in [5.74, 6) is 0. The van der Waals surface area contributed by atoms with Gasteiger partial charge < -0.3 is 16.2 Å². The van der Waals surface area contributed by atoms with Crippen molar-refractivity contribution in [3.05, 3.63) is 18.2 Å². The number of primary sulfonamides is 1. The molecule has 0 aliphatic carbocycles. The first-order chi connectivity index (χ1) is 7.29. The van der Waals surface area contributed by atoms with Crippen LogP contribution in [0.1, 0.15) is 6.92 Å². The number of benzene rings is 1. The maximum Gasteiger partial charge on any atom is 0.238 e. The third-order valence-electron chi connectivity index (χ3n) is 1.86. The molecule has 1 unspecified atom stereocenters. The molecule has 0 aromatic heterocycles. The van der Waals surface area contributed by atoms with Crippen molar-refractivity contribution in [2.24, 2.45) is 5.14 Å². The molecule has 0 aliphatic rings. The van der Waals surface area contributed by atoms with E-state index in [1.807, 2.05) is 0 Å². The van der Waals surface area contributed by atoms with Crippen LogP contribution in [0.3, 0.4) is 0 Å². The minimum atomic E-state index is -3.77. The van der Waals surface area contributed by atoms with Gasteiger partial charge in [-0.15, -0.1) is 0 Å². The maximum absolute atomic E-state index is 11.1. The van der Waals surface area contributed by atoms with Gasteiger partial charge in [0.05, 0.1) is 11.0 Å². The van der Waals surface area contributed by atoms with E-state index in [2.05, 4.69) is 5.32 Å². The summed E-state index contributed by atoms with van der Waals surface area (Å²) in [6.07, 6.45) is -0.542. The predicted molar refractivity (Wildman–Crippen MR) is 62.4 cm³/mol. The molecule has 6 nitrogen and oxygen atoms in total. The number of nitrogens with one attached hydrogen (secondary N) is 1. The van der Waals surface area contributed by atoms with Gasteiger partial charge in [0.15, 0.2) is 0 Å². The molecule has 0 saturated heterocycles. The normalized spacial score (nSPS) is 13.4. The Bertz CT molecular complexity index is 471. The molecule has 0 spiro atoms. The average Bonchev–Trinajstić information content (AvgIpc) is 2.12. The van der Waals surface area contributed by atoms with Crippen LogP contribution in [0.15, 0.2) is 23.1 Å². The maximum atomic E-state index is 11.1. The van der Waals surface area contributed by atoms with Gasteiger partial charge in [-0.25, -0.2) is 13.6 Å². The molecule has 0 aliphatic heterocycles. The Balaban J connectivity index is 3.00. The quantitative estimate of drug-likeness (QED) is 0.543. The zero-order chi connectivity index (χ0) is 12.3. The van der Waals surface area contributed by atoms with Gasteiger partial charge in [-0.05, 0) is 25.1 Å². The van der Waals surface area contributed by atoms with Crippen molar-refractivity contribution in [3.8, 4) is 0 Å². The summed E-state index contributed by atoms with van der Waals surface area (Å²) in [7, 11) is -3.77. The first-order valence-electron chi connectivity index (χ1n) is 4.64. The van der Waals surface area contributed by atoms with Crippen molar-refractivity contribution in [2.75, 3.05) is 17.6 Å². The van der Waals surface area contributed by atoms with Gasteiger partial charge in [0, 0.05) is 17.9 Å². The van der Waals surface area contributed by atoms with Crippen LogP contribution in [0.2, 0.25) is 0 Å². The van der Waals surface area contributed by atoms with Crippen LogP contribution in [0, 0.1) is 0 Å². The van der Waals surface area contributed by atoms with Crippen molar-refractivity contribution in [1.29, 1.82) is 0 Å². The molecule has 0 saturated carbocycles. The van der Waals surface area contributed by atoms with Gasteiger partial charge in [-0.2, -0.15) is 0 Å². The number of rotatable bonds is 4. The second kappa shape index (κ2) is 4.69. The van der Waals surface area contributed by atoms with Crippen LogP contribution >= 0.6 is 0 Å². The van der Waals surface area contributed by atoms with Gasteiger partial charge in [0.1, 0.15) is 0 Å². The topological polar surface area (TPSA) is 118 Å². The van der Waals surface area contributed by atoms with Gasteiger partial charge >= 0.3 is 0 Å². The average molecular weight is 245 g/mol. The zero-order valence-corrected chi connectivity index (χ0v) is 9.66. The van der Waals surface area contributed by atoms with Crippen LogP contribution in [0.4, 0.5) is 11.4 Å². The molecule has 1 atom stereocenters. The lowest BCUT2D eigenvalue weighted by Gasteiger charge is -2.10. The Hall–Kier alpha value is -1.31. The number of aliphatic hydroxyl groups excluding tert-OH is 1. The summed E-state index contributed by atoms with van der Waals surface area (Å²) in [5, 5.41) is 16.9. The fraction of sp³-hybridized carbons (Fsp3) is 0.333. The van der Waals surface area contributed by atoms with Gasteiger partial charge in [0.25, 0.3) is 0 Å². The van der Waals surface area contributed by atoms with E-state index in [0.717, 1.165) is 0 Å². The standard InChI is InChI=1S/C9H15N3O3S/c1-6(13)5-12-8-2-7(10)3-9(4-8)16(11,14)15/h2-4,6,12-13H,5,10H2,1H3,(H2,11,14,15). The molecule has 0 heterocycles. The Kier molecular flexibility index (Phi) is 3.74. The molecule has 90 valence electrons. The SMILES string of the molecule is CC(O)CNc1cc(N)cc(S(N)(=O)=O)c1. The second-order valence-corrected chi connectivity index (χ2v) is 5.13. The van der Waals surface area contributed by atoms with E-state index in [4.69, 9.17) is 16.0 Å². The Labute approximate surface area is 94.3 Å². The van der Waals surface area contributed by atoms with Gasteiger partial charge in [-0.1, -0.05) is 0 Å². The van der Waals surface area contributed by atoms with E-state index in [9.17, 15) is 8.42 Å². The van der Waals surface area contributed by atoms with E-state index in [-0.39, 0.29) is 4.90 Å². The van der Waals surface area contributed by atoms with Crippen LogP contribution in [0.5, 0.6) is 0 Å². The Morgan fingerprint density at radius 1 is 1.44 bits per heavy atom. The van der Waals surface area contributed by atoms with Crippen molar-refractivity contribution in [2.45, 2.75) is 17.9 Å². The smallest absolute Gasteiger partial charge is 0.238 e. The molecule has 6 N–H and O–H groups in total. The molecule has 0 bridgehead atoms. The molecular formula is C9H15N3O3S. The van der Waals surface area contributed by atoms with Crippen LogP contribution in [-0.4, -0.2) is 26.2 Å².